The molecule has 5 heteroatoms. The maximum atomic E-state index is 13.0. The number of carbonyl (C=O) groups excluding carboxylic acids is 1. The van der Waals surface area contributed by atoms with E-state index in [1.807, 2.05) is 36.4 Å². The van der Waals surface area contributed by atoms with E-state index in [9.17, 15) is 9.18 Å². The highest BCUT2D eigenvalue weighted by Gasteiger charge is 2.11. The Morgan fingerprint density at radius 1 is 0.880 bits per heavy atom. The number of benzene rings is 3. The number of carbonyl (C=O) groups is 1. The van der Waals surface area contributed by atoms with Crippen LogP contribution < -0.4 is 10.8 Å². The van der Waals surface area contributed by atoms with Crippen LogP contribution >= 0.6 is 0 Å². The predicted molar refractivity (Wildman–Crippen MR) is 94.8 cm³/mol. The minimum Gasteiger partial charge on any atom is -0.355 e. The normalized spacial score (nSPS) is 10.3. The van der Waals surface area contributed by atoms with Crippen LogP contribution in [0.15, 0.2) is 78.9 Å². The molecule has 0 saturated carbocycles. The van der Waals surface area contributed by atoms with Crippen LogP contribution in [-0.4, -0.2) is 5.91 Å². The summed E-state index contributed by atoms with van der Waals surface area (Å²) in [6.07, 6.45) is 0. The fraction of sp³-hybridized carbons (Fsp3) is 0.0500. The Labute approximate surface area is 145 Å². The van der Waals surface area contributed by atoms with Crippen LogP contribution in [0.4, 0.5) is 15.8 Å². The van der Waals surface area contributed by atoms with E-state index >= 15 is 0 Å². The standard InChI is InChI=1S/C20H17FN2O2/c21-16-10-12-17(13-11-16)22-19-9-5-4-8-18(19)20(24)23-25-14-15-6-2-1-3-7-15/h1-13,22H,14H2,(H,23,24). The zero-order chi connectivity index (χ0) is 17.5. The van der Waals surface area contributed by atoms with Gasteiger partial charge >= 0.3 is 0 Å². The second-order valence-corrected chi connectivity index (χ2v) is 5.38. The predicted octanol–water partition coefficient (Wildman–Crippen LogP) is 4.43. The molecule has 3 aromatic carbocycles. The summed E-state index contributed by atoms with van der Waals surface area (Å²) in [5.41, 5.74) is 5.13. The number of halogens is 1. The minimum absolute atomic E-state index is 0.278. The lowest BCUT2D eigenvalue weighted by molar-refractivity contribution is 0.0234. The van der Waals surface area contributed by atoms with E-state index in [4.69, 9.17) is 4.84 Å². The Bertz CT molecular complexity index is 836. The zero-order valence-corrected chi connectivity index (χ0v) is 13.4. The van der Waals surface area contributed by atoms with Gasteiger partial charge in [0.2, 0.25) is 0 Å². The molecule has 0 heterocycles. The lowest BCUT2D eigenvalue weighted by atomic mass is 10.1. The summed E-state index contributed by atoms with van der Waals surface area (Å²) in [7, 11) is 0. The van der Waals surface area contributed by atoms with Gasteiger partial charge in [-0.25, -0.2) is 9.87 Å². The molecule has 4 nitrogen and oxygen atoms in total. The molecule has 0 aromatic heterocycles. The maximum Gasteiger partial charge on any atom is 0.276 e. The van der Waals surface area contributed by atoms with Gasteiger partial charge in [0.15, 0.2) is 0 Å². The van der Waals surface area contributed by atoms with Crippen molar-refractivity contribution in [1.82, 2.24) is 5.48 Å². The molecule has 0 fully saturated rings. The van der Waals surface area contributed by atoms with Crippen molar-refractivity contribution in [1.29, 1.82) is 0 Å². The van der Waals surface area contributed by atoms with Crippen molar-refractivity contribution >= 4 is 17.3 Å². The van der Waals surface area contributed by atoms with Gasteiger partial charge < -0.3 is 5.32 Å². The third-order valence-electron chi connectivity index (χ3n) is 3.54. The number of hydrogen-bond donors (Lipinski definition) is 2. The largest absolute Gasteiger partial charge is 0.355 e. The number of hydrogen-bond acceptors (Lipinski definition) is 3. The Balaban J connectivity index is 1.65. The number of rotatable bonds is 6. The molecule has 0 aliphatic heterocycles. The molecule has 0 saturated heterocycles. The molecule has 0 bridgehead atoms. The van der Waals surface area contributed by atoms with Crippen molar-refractivity contribution in [3.63, 3.8) is 0 Å². The van der Waals surface area contributed by atoms with Crippen molar-refractivity contribution in [3.8, 4) is 0 Å². The van der Waals surface area contributed by atoms with Crippen molar-refractivity contribution in [2.45, 2.75) is 6.61 Å². The topological polar surface area (TPSA) is 50.4 Å². The van der Waals surface area contributed by atoms with E-state index in [1.54, 1.807) is 30.3 Å². The van der Waals surface area contributed by atoms with Gasteiger partial charge in [0.1, 0.15) is 5.82 Å². The molecule has 0 aliphatic carbocycles. The van der Waals surface area contributed by atoms with E-state index in [1.165, 1.54) is 12.1 Å². The minimum atomic E-state index is -0.360. The number of amides is 1. The van der Waals surface area contributed by atoms with E-state index in [2.05, 4.69) is 10.8 Å². The lowest BCUT2D eigenvalue weighted by Crippen LogP contribution is -2.24. The molecule has 0 atom stereocenters. The van der Waals surface area contributed by atoms with Gasteiger partial charge in [-0.2, -0.15) is 0 Å². The summed E-state index contributed by atoms with van der Waals surface area (Å²) in [5.74, 6) is -0.674. The number of para-hydroxylation sites is 1. The summed E-state index contributed by atoms with van der Waals surface area (Å²) in [6, 6.07) is 22.5. The molecule has 0 radical (unpaired) electrons. The molecule has 0 spiro atoms. The Hall–Kier alpha value is -3.18. The highest BCUT2D eigenvalue weighted by molar-refractivity contribution is 5.99. The number of anilines is 2. The molecular formula is C20H17FN2O2. The first-order chi connectivity index (χ1) is 12.2. The highest BCUT2D eigenvalue weighted by atomic mass is 19.1. The maximum absolute atomic E-state index is 13.0. The smallest absolute Gasteiger partial charge is 0.276 e. The van der Waals surface area contributed by atoms with Gasteiger partial charge in [0.25, 0.3) is 5.91 Å². The molecule has 126 valence electrons. The third-order valence-corrected chi connectivity index (χ3v) is 3.54. The Morgan fingerprint density at radius 2 is 1.56 bits per heavy atom. The summed E-state index contributed by atoms with van der Waals surface area (Å²) in [4.78, 5) is 17.6. The molecule has 2 N–H and O–H groups in total. The Kier molecular flexibility index (Phi) is 5.39. The summed E-state index contributed by atoms with van der Waals surface area (Å²) >= 11 is 0. The van der Waals surface area contributed by atoms with Gasteiger partial charge in [-0.3, -0.25) is 9.63 Å². The van der Waals surface area contributed by atoms with Crippen molar-refractivity contribution in [2.24, 2.45) is 0 Å². The molecule has 3 rings (SSSR count). The van der Waals surface area contributed by atoms with E-state index in [-0.39, 0.29) is 18.3 Å². The van der Waals surface area contributed by atoms with Crippen LogP contribution in [-0.2, 0) is 11.4 Å². The van der Waals surface area contributed by atoms with Crippen LogP contribution in [0, 0.1) is 5.82 Å². The summed E-state index contributed by atoms with van der Waals surface area (Å²) in [6.45, 7) is 0.278. The Morgan fingerprint density at radius 3 is 2.32 bits per heavy atom. The first-order valence-corrected chi connectivity index (χ1v) is 7.80. The average molecular weight is 336 g/mol. The van der Waals surface area contributed by atoms with Gasteiger partial charge in [0, 0.05) is 5.69 Å². The van der Waals surface area contributed by atoms with Gasteiger partial charge in [-0.05, 0) is 42.0 Å². The molecule has 3 aromatic rings. The summed E-state index contributed by atoms with van der Waals surface area (Å²) in [5, 5.41) is 3.11. The van der Waals surface area contributed by atoms with Gasteiger partial charge in [0.05, 0.1) is 17.9 Å². The second kappa shape index (κ2) is 8.08. The lowest BCUT2D eigenvalue weighted by Gasteiger charge is -2.12. The van der Waals surface area contributed by atoms with E-state index in [0.29, 0.717) is 16.9 Å². The second-order valence-electron chi connectivity index (χ2n) is 5.38. The fourth-order valence-corrected chi connectivity index (χ4v) is 2.29. The van der Waals surface area contributed by atoms with Crippen molar-refractivity contribution in [3.05, 3.63) is 95.8 Å². The first kappa shape index (κ1) is 16.7. The quantitative estimate of drug-likeness (QED) is 0.655. The zero-order valence-electron chi connectivity index (χ0n) is 13.4. The first-order valence-electron chi connectivity index (χ1n) is 7.80. The van der Waals surface area contributed by atoms with Crippen LogP contribution in [0.25, 0.3) is 0 Å². The number of hydroxylamine groups is 1. The van der Waals surface area contributed by atoms with Crippen LogP contribution in [0.1, 0.15) is 15.9 Å². The SMILES string of the molecule is O=C(NOCc1ccccc1)c1ccccc1Nc1ccc(F)cc1. The monoisotopic (exact) mass is 336 g/mol. The van der Waals surface area contributed by atoms with Crippen molar-refractivity contribution in [2.75, 3.05) is 5.32 Å². The summed E-state index contributed by atoms with van der Waals surface area (Å²) < 4.78 is 13.0. The third kappa shape index (κ3) is 4.65. The highest BCUT2D eigenvalue weighted by Crippen LogP contribution is 2.21. The molecule has 25 heavy (non-hydrogen) atoms. The van der Waals surface area contributed by atoms with Crippen LogP contribution in [0.5, 0.6) is 0 Å². The van der Waals surface area contributed by atoms with E-state index < -0.39 is 0 Å². The van der Waals surface area contributed by atoms with E-state index in [0.717, 1.165) is 5.56 Å². The molecular weight excluding hydrogens is 319 g/mol. The molecule has 0 aliphatic rings. The number of nitrogens with one attached hydrogen (secondary N) is 2. The average Bonchev–Trinajstić information content (AvgIpc) is 2.65. The fourth-order valence-electron chi connectivity index (χ4n) is 2.29. The molecule has 1 amide bonds. The van der Waals surface area contributed by atoms with Crippen molar-refractivity contribution < 1.29 is 14.0 Å². The van der Waals surface area contributed by atoms with Crippen LogP contribution in [0.2, 0.25) is 0 Å². The van der Waals surface area contributed by atoms with Gasteiger partial charge in [-0.15, -0.1) is 0 Å². The van der Waals surface area contributed by atoms with Gasteiger partial charge in [-0.1, -0.05) is 42.5 Å². The van der Waals surface area contributed by atoms with Crippen LogP contribution in [0.3, 0.4) is 0 Å². The molecule has 0 unspecified atom stereocenters.